The molecule has 0 spiro atoms. The zero-order valence-corrected chi connectivity index (χ0v) is 12.5. The molecule has 0 unspecified atom stereocenters. The van der Waals surface area contributed by atoms with Crippen LogP contribution in [0.25, 0.3) is 0 Å². The molecule has 1 rings (SSSR count). The number of amides is 1. The highest BCUT2D eigenvalue weighted by Crippen LogP contribution is 2.21. The number of ether oxygens (including phenoxy) is 1. The van der Waals surface area contributed by atoms with Crippen LogP contribution in [-0.4, -0.2) is 30.0 Å². The van der Waals surface area contributed by atoms with Crippen LogP contribution in [0, 0.1) is 0 Å². The van der Waals surface area contributed by atoms with Crippen LogP contribution in [0.4, 0.5) is 0 Å². The third-order valence-corrected chi connectivity index (χ3v) is 2.68. The normalized spacial score (nSPS) is 10.2. The van der Waals surface area contributed by atoms with Crippen LogP contribution in [0.5, 0.6) is 5.75 Å². The van der Waals surface area contributed by atoms with Crippen LogP contribution in [0.3, 0.4) is 0 Å². The van der Waals surface area contributed by atoms with E-state index in [9.17, 15) is 4.79 Å². The summed E-state index contributed by atoms with van der Waals surface area (Å²) >= 11 is 0. The van der Waals surface area contributed by atoms with Crippen LogP contribution >= 0.6 is 12.4 Å². The van der Waals surface area contributed by atoms with Gasteiger partial charge >= 0.3 is 0 Å². The monoisotopic (exact) mass is 271 g/mol. The van der Waals surface area contributed by atoms with Crippen molar-refractivity contribution in [3.63, 3.8) is 0 Å². The number of carbonyl (C=O) groups excluding carboxylic acids is 1. The molecule has 0 radical (unpaired) electrons. The lowest BCUT2D eigenvalue weighted by atomic mass is 10.1. The summed E-state index contributed by atoms with van der Waals surface area (Å²) < 4.78 is 5.23. The zero-order valence-electron chi connectivity index (χ0n) is 11.6. The van der Waals surface area contributed by atoms with Gasteiger partial charge in [0.25, 0.3) is 5.91 Å². The summed E-state index contributed by atoms with van der Waals surface area (Å²) in [6.07, 6.45) is 0. The molecule has 0 saturated heterocycles. The maximum Gasteiger partial charge on any atom is 0.258 e. The molecule has 0 bridgehead atoms. The number of halogens is 1. The lowest BCUT2D eigenvalue weighted by Crippen LogP contribution is -2.42. The van der Waals surface area contributed by atoms with Gasteiger partial charge in [0.1, 0.15) is 5.75 Å². The van der Waals surface area contributed by atoms with Gasteiger partial charge in [0.15, 0.2) is 0 Å². The van der Waals surface area contributed by atoms with Crippen LogP contribution in [-0.2, 0) is 0 Å². The quantitative estimate of drug-likeness (QED) is 0.840. The predicted octanol–water partition coefficient (Wildman–Crippen LogP) is 3.38. The SMILES string of the molecule is COc1ccccc1C(=O)N(C(C)C)C(C)C.Cl. The molecule has 3 nitrogen and oxygen atoms in total. The van der Waals surface area contributed by atoms with E-state index in [4.69, 9.17) is 4.74 Å². The lowest BCUT2D eigenvalue weighted by Gasteiger charge is -2.31. The fraction of sp³-hybridized carbons (Fsp3) is 0.500. The van der Waals surface area contributed by atoms with Crippen molar-refractivity contribution in [3.8, 4) is 5.75 Å². The van der Waals surface area contributed by atoms with Gasteiger partial charge in [0.2, 0.25) is 0 Å². The Morgan fingerprint density at radius 1 is 1.11 bits per heavy atom. The average Bonchev–Trinajstić information content (AvgIpc) is 2.27. The first-order valence-corrected chi connectivity index (χ1v) is 5.94. The number of hydrogen-bond donors (Lipinski definition) is 0. The molecule has 102 valence electrons. The maximum atomic E-state index is 12.5. The minimum absolute atomic E-state index is 0. The molecule has 0 heterocycles. The van der Waals surface area contributed by atoms with Gasteiger partial charge in [-0.15, -0.1) is 12.4 Å². The summed E-state index contributed by atoms with van der Waals surface area (Å²) in [5.41, 5.74) is 0.623. The van der Waals surface area contributed by atoms with E-state index >= 15 is 0 Å². The third-order valence-electron chi connectivity index (χ3n) is 2.68. The summed E-state index contributed by atoms with van der Waals surface area (Å²) in [5.74, 6) is 0.649. The van der Waals surface area contributed by atoms with E-state index in [0.717, 1.165) is 0 Å². The van der Waals surface area contributed by atoms with E-state index in [1.165, 1.54) is 0 Å². The first kappa shape index (κ1) is 16.8. The largest absolute Gasteiger partial charge is 0.496 e. The molecule has 0 saturated carbocycles. The molecule has 18 heavy (non-hydrogen) atoms. The first-order chi connectivity index (χ1) is 7.99. The van der Waals surface area contributed by atoms with Gasteiger partial charge in [0.05, 0.1) is 12.7 Å². The first-order valence-electron chi connectivity index (χ1n) is 5.94. The highest BCUT2D eigenvalue weighted by atomic mass is 35.5. The number of carbonyl (C=O) groups is 1. The number of nitrogens with zero attached hydrogens (tertiary/aromatic N) is 1. The molecule has 0 aromatic heterocycles. The Morgan fingerprint density at radius 3 is 2.06 bits per heavy atom. The van der Waals surface area contributed by atoms with Gasteiger partial charge in [-0.05, 0) is 39.8 Å². The predicted molar refractivity (Wildman–Crippen MR) is 76.7 cm³/mol. The Kier molecular flexibility index (Phi) is 6.77. The van der Waals surface area contributed by atoms with Crippen molar-refractivity contribution >= 4 is 18.3 Å². The Labute approximate surface area is 116 Å². The Balaban J connectivity index is 0.00000289. The molecule has 0 N–H and O–H groups in total. The van der Waals surface area contributed by atoms with Crippen molar-refractivity contribution in [2.45, 2.75) is 39.8 Å². The fourth-order valence-electron chi connectivity index (χ4n) is 2.03. The molecular formula is C14H22ClNO2. The van der Waals surface area contributed by atoms with Crippen molar-refractivity contribution in [1.29, 1.82) is 0 Å². The van der Waals surface area contributed by atoms with Gasteiger partial charge in [-0.1, -0.05) is 12.1 Å². The molecule has 0 fully saturated rings. The van der Waals surface area contributed by atoms with Gasteiger partial charge in [-0.3, -0.25) is 4.79 Å². The topological polar surface area (TPSA) is 29.5 Å². The average molecular weight is 272 g/mol. The number of methoxy groups -OCH3 is 1. The molecule has 1 aromatic carbocycles. The molecule has 1 aromatic rings. The molecule has 0 atom stereocenters. The maximum absolute atomic E-state index is 12.5. The smallest absolute Gasteiger partial charge is 0.258 e. The minimum atomic E-state index is 0. The summed E-state index contributed by atoms with van der Waals surface area (Å²) in [6.45, 7) is 8.08. The second-order valence-electron chi connectivity index (χ2n) is 4.60. The van der Waals surface area contributed by atoms with Gasteiger partial charge in [0, 0.05) is 12.1 Å². The van der Waals surface area contributed by atoms with Crippen molar-refractivity contribution in [2.75, 3.05) is 7.11 Å². The Bertz CT molecular complexity index is 383. The van der Waals surface area contributed by atoms with E-state index in [0.29, 0.717) is 11.3 Å². The van der Waals surface area contributed by atoms with E-state index in [2.05, 4.69) is 0 Å². The molecule has 0 aliphatic rings. The second-order valence-corrected chi connectivity index (χ2v) is 4.60. The van der Waals surface area contributed by atoms with Crippen molar-refractivity contribution in [3.05, 3.63) is 29.8 Å². The fourth-order valence-corrected chi connectivity index (χ4v) is 2.03. The number of rotatable bonds is 4. The lowest BCUT2D eigenvalue weighted by molar-refractivity contribution is 0.0640. The summed E-state index contributed by atoms with van der Waals surface area (Å²) in [7, 11) is 1.58. The van der Waals surface area contributed by atoms with Crippen molar-refractivity contribution in [1.82, 2.24) is 4.90 Å². The zero-order chi connectivity index (χ0) is 13.0. The van der Waals surface area contributed by atoms with Gasteiger partial charge in [-0.25, -0.2) is 0 Å². The number of hydrogen-bond acceptors (Lipinski definition) is 2. The van der Waals surface area contributed by atoms with E-state index < -0.39 is 0 Å². The summed E-state index contributed by atoms with van der Waals surface area (Å²) in [4.78, 5) is 14.3. The molecule has 4 heteroatoms. The van der Waals surface area contributed by atoms with Crippen LogP contribution < -0.4 is 4.74 Å². The molecule has 1 amide bonds. The number of benzene rings is 1. The minimum Gasteiger partial charge on any atom is -0.496 e. The highest BCUT2D eigenvalue weighted by molar-refractivity contribution is 5.97. The van der Waals surface area contributed by atoms with Crippen molar-refractivity contribution < 1.29 is 9.53 Å². The van der Waals surface area contributed by atoms with E-state index in [1.807, 2.05) is 50.8 Å². The third kappa shape index (κ3) is 3.64. The van der Waals surface area contributed by atoms with Gasteiger partial charge < -0.3 is 9.64 Å². The van der Waals surface area contributed by atoms with Crippen LogP contribution in [0.1, 0.15) is 38.1 Å². The molecular weight excluding hydrogens is 250 g/mol. The van der Waals surface area contributed by atoms with E-state index in [1.54, 1.807) is 13.2 Å². The Hall–Kier alpha value is -1.22. The summed E-state index contributed by atoms with van der Waals surface area (Å²) in [6, 6.07) is 7.68. The molecule has 0 aliphatic carbocycles. The highest BCUT2D eigenvalue weighted by Gasteiger charge is 2.23. The second kappa shape index (κ2) is 7.27. The summed E-state index contributed by atoms with van der Waals surface area (Å²) in [5, 5.41) is 0. The van der Waals surface area contributed by atoms with Crippen LogP contribution in [0.2, 0.25) is 0 Å². The molecule has 0 aliphatic heterocycles. The van der Waals surface area contributed by atoms with Gasteiger partial charge in [-0.2, -0.15) is 0 Å². The van der Waals surface area contributed by atoms with Crippen LogP contribution in [0.15, 0.2) is 24.3 Å². The standard InChI is InChI=1S/C14H21NO2.ClH/c1-10(2)15(11(3)4)14(16)12-8-6-7-9-13(12)17-5;/h6-11H,1-5H3;1H. The Morgan fingerprint density at radius 2 is 1.61 bits per heavy atom. The number of para-hydroxylation sites is 1. The van der Waals surface area contributed by atoms with Crippen molar-refractivity contribution in [2.24, 2.45) is 0 Å². The van der Waals surface area contributed by atoms with E-state index in [-0.39, 0.29) is 30.4 Å².